The predicted octanol–water partition coefficient (Wildman–Crippen LogP) is 0.797. The minimum Gasteiger partial charge on any atom is -0.462 e. The highest BCUT2D eigenvalue weighted by atomic mass is 16.5. The van der Waals surface area contributed by atoms with Crippen molar-refractivity contribution in [2.75, 3.05) is 17.7 Å². The predicted molar refractivity (Wildman–Crippen MR) is 77.0 cm³/mol. The molecule has 8 nitrogen and oxygen atoms in total. The number of anilines is 3. The van der Waals surface area contributed by atoms with E-state index in [4.69, 9.17) is 15.9 Å². The van der Waals surface area contributed by atoms with Crippen molar-refractivity contribution in [3.63, 3.8) is 0 Å². The highest BCUT2D eigenvalue weighted by Crippen LogP contribution is 2.14. The summed E-state index contributed by atoms with van der Waals surface area (Å²) in [6.07, 6.45) is 0. The van der Waals surface area contributed by atoms with E-state index >= 15 is 0 Å². The van der Waals surface area contributed by atoms with Gasteiger partial charge in [-0.2, -0.15) is 4.98 Å². The molecule has 0 unspecified atom stereocenters. The summed E-state index contributed by atoms with van der Waals surface area (Å²) in [5, 5.41) is 14.6. The Morgan fingerprint density at radius 1 is 1.43 bits per heavy atom. The Morgan fingerprint density at radius 2 is 2.10 bits per heavy atom. The molecule has 4 N–H and O–H groups in total. The van der Waals surface area contributed by atoms with Crippen LogP contribution in [0, 0.1) is 5.41 Å². The van der Waals surface area contributed by atoms with Crippen LogP contribution >= 0.6 is 0 Å². The van der Waals surface area contributed by atoms with Crippen molar-refractivity contribution >= 4 is 23.4 Å². The van der Waals surface area contributed by atoms with E-state index in [1.54, 1.807) is 38.2 Å². The van der Waals surface area contributed by atoms with Crippen molar-refractivity contribution in [2.45, 2.75) is 6.92 Å². The molecule has 1 aromatic heterocycles. The Kier molecular flexibility index (Phi) is 4.17. The van der Waals surface area contributed by atoms with Gasteiger partial charge in [0.05, 0.1) is 12.2 Å². The second-order valence-corrected chi connectivity index (χ2v) is 4.22. The Bertz CT molecular complexity index is 681. The van der Waals surface area contributed by atoms with E-state index < -0.39 is 0 Å². The van der Waals surface area contributed by atoms with Crippen LogP contribution in [0.2, 0.25) is 0 Å². The van der Waals surface area contributed by atoms with Crippen LogP contribution in [0.25, 0.3) is 0 Å². The molecular formula is C13H16N6O2. The molecule has 0 atom stereocenters. The largest absolute Gasteiger partial charge is 0.462 e. The van der Waals surface area contributed by atoms with Crippen molar-refractivity contribution in [3.05, 3.63) is 35.3 Å². The van der Waals surface area contributed by atoms with Crippen LogP contribution in [0.15, 0.2) is 24.3 Å². The normalized spacial score (nSPS) is 10.2. The van der Waals surface area contributed by atoms with Crippen molar-refractivity contribution in [1.29, 1.82) is 5.41 Å². The first-order chi connectivity index (χ1) is 10.0. The van der Waals surface area contributed by atoms with E-state index in [2.05, 4.69) is 15.4 Å². The van der Waals surface area contributed by atoms with E-state index in [9.17, 15) is 4.79 Å². The Labute approximate surface area is 121 Å². The molecule has 21 heavy (non-hydrogen) atoms. The minimum atomic E-state index is -0.366. The van der Waals surface area contributed by atoms with Crippen molar-refractivity contribution in [1.82, 2.24) is 14.8 Å². The molecule has 2 rings (SSSR count). The summed E-state index contributed by atoms with van der Waals surface area (Å²) in [5.74, 6) is -0.0115. The van der Waals surface area contributed by atoms with Gasteiger partial charge in [-0.25, -0.2) is 9.48 Å². The molecule has 0 bridgehead atoms. The molecule has 0 aliphatic heterocycles. The number of rotatable bonds is 4. The van der Waals surface area contributed by atoms with E-state index in [0.29, 0.717) is 17.9 Å². The fourth-order valence-corrected chi connectivity index (χ4v) is 1.63. The van der Waals surface area contributed by atoms with E-state index in [0.717, 1.165) is 0 Å². The number of carbonyl (C=O) groups is 1. The number of ether oxygens (including phenoxy) is 1. The molecule has 8 heteroatoms. The summed E-state index contributed by atoms with van der Waals surface area (Å²) >= 11 is 0. The van der Waals surface area contributed by atoms with Gasteiger partial charge in [0.15, 0.2) is 11.3 Å². The topological polar surface area (TPSA) is 119 Å². The van der Waals surface area contributed by atoms with Gasteiger partial charge in [0.25, 0.3) is 0 Å². The average Bonchev–Trinajstić information content (AvgIpc) is 2.45. The first-order valence-corrected chi connectivity index (χ1v) is 6.31. The summed E-state index contributed by atoms with van der Waals surface area (Å²) in [6, 6.07) is 6.70. The lowest BCUT2D eigenvalue weighted by molar-refractivity contribution is 0.0526. The van der Waals surface area contributed by atoms with Crippen molar-refractivity contribution in [2.24, 2.45) is 7.05 Å². The van der Waals surface area contributed by atoms with E-state index in [-0.39, 0.29) is 23.2 Å². The summed E-state index contributed by atoms with van der Waals surface area (Å²) in [7, 11) is 1.61. The van der Waals surface area contributed by atoms with Crippen LogP contribution in [0.5, 0.6) is 0 Å². The number of nitrogens with zero attached hydrogens (tertiary/aromatic N) is 3. The smallest absolute Gasteiger partial charge is 0.338 e. The van der Waals surface area contributed by atoms with Gasteiger partial charge in [-0.05, 0) is 31.2 Å². The molecule has 0 fully saturated rings. The quantitative estimate of drug-likeness (QED) is 0.716. The maximum absolute atomic E-state index is 11.5. The van der Waals surface area contributed by atoms with Gasteiger partial charge in [0, 0.05) is 12.7 Å². The Balaban J connectivity index is 2.17. The Hall–Kier alpha value is -2.90. The summed E-state index contributed by atoms with van der Waals surface area (Å²) in [4.78, 5) is 15.5. The molecular weight excluding hydrogens is 272 g/mol. The van der Waals surface area contributed by atoms with E-state index in [1.807, 2.05) is 0 Å². The molecule has 0 saturated heterocycles. The third-order valence-corrected chi connectivity index (χ3v) is 2.69. The number of hydrogen-bond donors (Lipinski definition) is 3. The molecule has 0 aliphatic rings. The molecule has 110 valence electrons. The Morgan fingerprint density at radius 3 is 2.67 bits per heavy atom. The lowest BCUT2D eigenvalue weighted by Gasteiger charge is -2.08. The fourth-order valence-electron chi connectivity index (χ4n) is 1.63. The van der Waals surface area contributed by atoms with Crippen molar-refractivity contribution < 1.29 is 9.53 Å². The zero-order chi connectivity index (χ0) is 15.4. The zero-order valence-electron chi connectivity index (χ0n) is 11.8. The number of carbonyl (C=O) groups excluding carboxylic acids is 1. The highest BCUT2D eigenvalue weighted by molar-refractivity contribution is 5.89. The lowest BCUT2D eigenvalue weighted by atomic mass is 10.2. The second kappa shape index (κ2) is 6.04. The molecule has 0 aliphatic carbocycles. The SMILES string of the molecule is CCOC(=O)c1ccc(Nc2nc(N)c(=N)n(C)n2)cc1. The summed E-state index contributed by atoms with van der Waals surface area (Å²) in [5.41, 5.74) is 6.81. The average molecular weight is 288 g/mol. The van der Waals surface area contributed by atoms with Crippen molar-refractivity contribution in [3.8, 4) is 0 Å². The zero-order valence-corrected chi connectivity index (χ0v) is 11.8. The number of nitrogens with two attached hydrogens (primary N) is 1. The van der Waals surface area contributed by atoms with Crippen LogP contribution in [0.1, 0.15) is 17.3 Å². The van der Waals surface area contributed by atoms with Crippen LogP contribution in [-0.2, 0) is 11.8 Å². The lowest BCUT2D eigenvalue weighted by Crippen LogP contribution is -2.25. The van der Waals surface area contributed by atoms with Crippen LogP contribution in [-0.4, -0.2) is 27.3 Å². The number of aryl methyl sites for hydroxylation is 1. The van der Waals surface area contributed by atoms with Crippen LogP contribution in [0.3, 0.4) is 0 Å². The molecule has 1 aromatic carbocycles. The van der Waals surface area contributed by atoms with Gasteiger partial charge in [0.1, 0.15) is 0 Å². The van der Waals surface area contributed by atoms with Gasteiger partial charge in [-0.3, -0.25) is 5.41 Å². The minimum absolute atomic E-state index is 0.0400. The second-order valence-electron chi connectivity index (χ2n) is 4.22. The summed E-state index contributed by atoms with van der Waals surface area (Å²) in [6.45, 7) is 2.09. The van der Waals surface area contributed by atoms with Crippen LogP contribution < -0.4 is 16.5 Å². The number of hydrogen-bond acceptors (Lipinski definition) is 7. The van der Waals surface area contributed by atoms with Gasteiger partial charge in [-0.15, -0.1) is 5.10 Å². The number of esters is 1. The number of nitrogens with one attached hydrogen (secondary N) is 2. The van der Waals surface area contributed by atoms with E-state index in [1.165, 1.54) is 4.68 Å². The summed E-state index contributed by atoms with van der Waals surface area (Å²) < 4.78 is 6.22. The van der Waals surface area contributed by atoms with Gasteiger partial charge in [0.2, 0.25) is 5.95 Å². The monoisotopic (exact) mass is 288 g/mol. The number of nitrogen functional groups attached to an aromatic ring is 1. The van der Waals surface area contributed by atoms with Crippen LogP contribution in [0.4, 0.5) is 17.5 Å². The van der Waals surface area contributed by atoms with Gasteiger partial charge >= 0.3 is 5.97 Å². The molecule has 1 heterocycles. The third kappa shape index (κ3) is 3.35. The maximum Gasteiger partial charge on any atom is 0.338 e. The molecule has 0 radical (unpaired) electrons. The standard InChI is InChI=1S/C13H16N6O2/c1-3-21-12(20)8-4-6-9(7-5-8)16-13-17-10(14)11(15)19(2)18-13/h4-7,15H,3H2,1-2H3,(H3,14,16,17,18). The fraction of sp³-hybridized carbons (Fsp3) is 0.231. The first-order valence-electron chi connectivity index (χ1n) is 6.31. The number of aromatic nitrogens is 3. The molecule has 0 saturated carbocycles. The maximum atomic E-state index is 11.5. The highest BCUT2D eigenvalue weighted by Gasteiger charge is 2.07. The van der Waals surface area contributed by atoms with Gasteiger partial charge in [-0.1, -0.05) is 0 Å². The third-order valence-electron chi connectivity index (χ3n) is 2.69. The first kappa shape index (κ1) is 14.5. The number of benzene rings is 1. The molecule has 0 spiro atoms. The van der Waals surface area contributed by atoms with Gasteiger partial charge < -0.3 is 15.8 Å². The molecule has 0 amide bonds. The molecule has 2 aromatic rings.